The highest BCUT2D eigenvalue weighted by Crippen LogP contribution is 2.37. The van der Waals surface area contributed by atoms with Crippen LogP contribution in [0.4, 0.5) is 18.9 Å². The molecule has 4 rings (SSSR count). The fraction of sp³-hybridized carbons (Fsp3) is 0.514. The first-order valence-electron chi connectivity index (χ1n) is 16.2. The van der Waals surface area contributed by atoms with Crippen LogP contribution >= 0.6 is 11.9 Å². The Morgan fingerprint density at radius 2 is 1.83 bits per heavy atom. The lowest BCUT2D eigenvalue weighted by atomic mass is 9.89. The van der Waals surface area contributed by atoms with Gasteiger partial charge >= 0.3 is 6.36 Å². The molecule has 2 aromatic rings. The minimum absolute atomic E-state index is 0.0614. The lowest BCUT2D eigenvalue weighted by Crippen LogP contribution is -2.47. The highest BCUT2D eigenvalue weighted by atomic mass is 32.2. The zero-order valence-electron chi connectivity index (χ0n) is 29.0. The van der Waals surface area contributed by atoms with Gasteiger partial charge in [-0.05, 0) is 84.8 Å². The fourth-order valence-corrected chi connectivity index (χ4v) is 7.09. The van der Waals surface area contributed by atoms with Gasteiger partial charge in [0.05, 0.1) is 6.61 Å². The number of carbonyl (C=O) groups is 2. The van der Waals surface area contributed by atoms with E-state index in [1.165, 1.54) is 18.2 Å². The first-order valence-corrected chi connectivity index (χ1v) is 20.0. The molecule has 2 aromatic carbocycles. The summed E-state index contributed by atoms with van der Waals surface area (Å²) in [6.45, 7) is 19.1. The Hall–Kier alpha value is -3.13. The van der Waals surface area contributed by atoms with Crippen molar-refractivity contribution in [3.8, 4) is 5.75 Å². The standard InChI is InChI=1S/C35H47F3N4O4SSi/c1-24(2)31(43)42(19-20-45-48(7,8)33(4,5)6)28-13-12-26(25(3)22-28)14-21-47-41-17-15-34(16-18-41)32(44)39-30(40-34)27-10-9-11-29(23-27)46-35(36,37)38/h9-14,21-24H,15-20H2,1-8H3,(H,39,40,44)/b21-14+. The summed E-state index contributed by atoms with van der Waals surface area (Å²) in [6.07, 6.45) is -1.81. The number of alkyl halides is 3. The van der Waals surface area contributed by atoms with Crippen LogP contribution in [0.25, 0.3) is 6.08 Å². The number of nitrogens with one attached hydrogen (secondary N) is 1. The molecule has 0 atom stereocenters. The molecule has 1 fully saturated rings. The first-order chi connectivity index (χ1) is 22.3. The number of benzene rings is 2. The number of anilines is 1. The number of hydrogen-bond acceptors (Lipinski definition) is 7. The fourth-order valence-electron chi connectivity index (χ4n) is 5.29. The number of rotatable bonds is 11. The third-order valence-corrected chi connectivity index (χ3v) is 14.7. The Balaban J connectivity index is 1.36. The van der Waals surface area contributed by atoms with E-state index in [1.54, 1.807) is 18.0 Å². The van der Waals surface area contributed by atoms with Gasteiger partial charge < -0.3 is 19.4 Å². The van der Waals surface area contributed by atoms with E-state index in [4.69, 9.17) is 4.43 Å². The van der Waals surface area contributed by atoms with Crippen LogP contribution in [0, 0.1) is 12.8 Å². The van der Waals surface area contributed by atoms with E-state index in [2.05, 4.69) is 53.2 Å². The summed E-state index contributed by atoms with van der Waals surface area (Å²) in [5.41, 5.74) is 2.35. The van der Waals surface area contributed by atoms with Crippen LogP contribution in [-0.2, 0) is 14.0 Å². The van der Waals surface area contributed by atoms with Gasteiger partial charge in [-0.1, -0.05) is 64.8 Å². The topological polar surface area (TPSA) is 83.5 Å². The van der Waals surface area contributed by atoms with Crippen LogP contribution in [0.1, 0.15) is 64.2 Å². The minimum atomic E-state index is -4.81. The van der Waals surface area contributed by atoms with E-state index < -0.39 is 20.2 Å². The smallest absolute Gasteiger partial charge is 0.415 e. The van der Waals surface area contributed by atoms with Crippen molar-refractivity contribution in [2.75, 3.05) is 31.1 Å². The number of nitrogens with zero attached hydrogens (tertiary/aromatic N) is 3. The largest absolute Gasteiger partial charge is 0.573 e. The van der Waals surface area contributed by atoms with Crippen molar-refractivity contribution in [1.29, 1.82) is 0 Å². The molecule has 1 saturated heterocycles. The molecule has 0 bridgehead atoms. The number of ether oxygens (including phenoxy) is 1. The van der Waals surface area contributed by atoms with Crippen molar-refractivity contribution in [3.63, 3.8) is 0 Å². The molecule has 2 aliphatic heterocycles. The van der Waals surface area contributed by atoms with E-state index in [9.17, 15) is 22.8 Å². The first kappa shape index (κ1) is 37.7. The van der Waals surface area contributed by atoms with Crippen molar-refractivity contribution in [3.05, 3.63) is 64.6 Å². The molecule has 8 nitrogen and oxygen atoms in total. The van der Waals surface area contributed by atoms with Crippen LogP contribution < -0.4 is 15.0 Å². The lowest BCUT2D eigenvalue weighted by molar-refractivity contribution is -0.274. The summed E-state index contributed by atoms with van der Waals surface area (Å²) in [6, 6.07) is 11.5. The van der Waals surface area contributed by atoms with Gasteiger partial charge in [-0.15, -0.1) is 13.2 Å². The maximum atomic E-state index is 13.2. The lowest BCUT2D eigenvalue weighted by Gasteiger charge is -2.37. The average Bonchev–Trinajstić information content (AvgIpc) is 3.30. The second kappa shape index (κ2) is 14.8. The zero-order valence-corrected chi connectivity index (χ0v) is 30.8. The summed E-state index contributed by atoms with van der Waals surface area (Å²) < 4.78 is 50.6. The molecule has 2 aliphatic rings. The summed E-state index contributed by atoms with van der Waals surface area (Å²) in [4.78, 5) is 32.7. The summed E-state index contributed by atoms with van der Waals surface area (Å²) in [5.74, 6) is -0.439. The van der Waals surface area contributed by atoms with Gasteiger partial charge in [0.1, 0.15) is 17.1 Å². The van der Waals surface area contributed by atoms with E-state index >= 15 is 0 Å². The second-order valence-corrected chi connectivity index (χ2v) is 20.0. The Bertz CT molecular complexity index is 1550. The zero-order chi connectivity index (χ0) is 35.5. The number of aliphatic imine (C=N–C) groups is 1. The third-order valence-electron chi connectivity index (χ3n) is 9.24. The van der Waals surface area contributed by atoms with Gasteiger partial charge in [-0.25, -0.2) is 4.31 Å². The highest BCUT2D eigenvalue weighted by molar-refractivity contribution is 8.00. The second-order valence-electron chi connectivity index (χ2n) is 14.2. The molecule has 0 radical (unpaired) electrons. The number of hydrogen-bond donors (Lipinski definition) is 1. The SMILES string of the molecule is Cc1cc(N(CCO[Si](C)(C)C(C)(C)C)C(=O)C(C)C)ccc1/C=C/SN1CCC2(CC1)N=C(c1cccc(OC(F)(F)F)c1)NC2=O. The van der Waals surface area contributed by atoms with Gasteiger partial charge in [0.15, 0.2) is 8.32 Å². The molecule has 1 spiro atoms. The average molecular weight is 705 g/mol. The minimum Gasteiger partial charge on any atom is -0.415 e. The van der Waals surface area contributed by atoms with E-state index in [0.717, 1.165) is 16.8 Å². The van der Waals surface area contributed by atoms with E-state index in [1.807, 2.05) is 55.4 Å². The molecule has 48 heavy (non-hydrogen) atoms. The van der Waals surface area contributed by atoms with Crippen molar-refractivity contribution in [2.24, 2.45) is 10.9 Å². The summed E-state index contributed by atoms with van der Waals surface area (Å²) in [7, 11) is -1.94. The van der Waals surface area contributed by atoms with Crippen LogP contribution in [0.3, 0.4) is 0 Å². The summed E-state index contributed by atoms with van der Waals surface area (Å²) in [5, 5.41) is 4.87. The molecule has 0 aliphatic carbocycles. The number of aryl methyl sites for hydroxylation is 1. The quantitative estimate of drug-likeness (QED) is 0.189. The van der Waals surface area contributed by atoms with Crippen molar-refractivity contribution >= 4 is 49.7 Å². The Morgan fingerprint density at radius 1 is 1.15 bits per heavy atom. The number of amidine groups is 1. The Morgan fingerprint density at radius 3 is 2.44 bits per heavy atom. The normalized spacial score (nSPS) is 17.2. The molecule has 1 N–H and O–H groups in total. The maximum absolute atomic E-state index is 13.2. The molecule has 0 saturated carbocycles. The predicted molar refractivity (Wildman–Crippen MR) is 189 cm³/mol. The highest BCUT2D eigenvalue weighted by Gasteiger charge is 2.46. The molecule has 0 aromatic heterocycles. The van der Waals surface area contributed by atoms with Crippen LogP contribution in [0.2, 0.25) is 18.1 Å². The molecule has 0 unspecified atom stereocenters. The molecular formula is C35H47F3N4O4SSi. The number of carbonyl (C=O) groups excluding carboxylic acids is 2. The summed E-state index contributed by atoms with van der Waals surface area (Å²) >= 11 is 1.56. The molecule has 2 heterocycles. The van der Waals surface area contributed by atoms with Gasteiger partial charge in [0, 0.05) is 36.8 Å². The molecule has 2 amide bonds. The van der Waals surface area contributed by atoms with Gasteiger partial charge in [-0.3, -0.25) is 14.6 Å². The monoisotopic (exact) mass is 704 g/mol. The molecule has 13 heteroatoms. The van der Waals surface area contributed by atoms with Gasteiger partial charge in [-0.2, -0.15) is 0 Å². The number of piperidine rings is 1. The predicted octanol–water partition coefficient (Wildman–Crippen LogP) is 7.93. The molecular weight excluding hydrogens is 658 g/mol. The third kappa shape index (κ3) is 9.30. The number of halogens is 3. The van der Waals surface area contributed by atoms with Crippen molar-refractivity contribution in [1.82, 2.24) is 9.62 Å². The van der Waals surface area contributed by atoms with Gasteiger partial charge in [0.25, 0.3) is 5.91 Å². The maximum Gasteiger partial charge on any atom is 0.573 e. The van der Waals surface area contributed by atoms with Crippen LogP contribution in [0.15, 0.2) is 52.9 Å². The Kier molecular flexibility index (Phi) is 11.6. The van der Waals surface area contributed by atoms with Crippen LogP contribution in [-0.4, -0.2) is 68.4 Å². The molecule has 262 valence electrons. The van der Waals surface area contributed by atoms with Crippen molar-refractivity contribution in [2.45, 2.75) is 84.4 Å². The van der Waals surface area contributed by atoms with Crippen LogP contribution in [0.5, 0.6) is 5.75 Å². The van der Waals surface area contributed by atoms with E-state index in [0.29, 0.717) is 44.6 Å². The van der Waals surface area contributed by atoms with Gasteiger partial charge in [0.2, 0.25) is 5.91 Å². The Labute approximate surface area is 287 Å². The number of amides is 2. The van der Waals surface area contributed by atoms with E-state index in [-0.39, 0.29) is 34.4 Å². The van der Waals surface area contributed by atoms with Crippen molar-refractivity contribution < 1.29 is 31.9 Å².